The van der Waals surface area contributed by atoms with Crippen LogP contribution in [0, 0.1) is 17.8 Å². The lowest BCUT2D eigenvalue weighted by Crippen LogP contribution is -2.44. The normalized spacial score (nSPS) is 12.1. The topological polar surface area (TPSA) is 630 Å². The van der Waals surface area contributed by atoms with E-state index in [1.807, 2.05) is 20.8 Å². The van der Waals surface area contributed by atoms with Crippen molar-refractivity contribution in [1.82, 2.24) is 37.2 Å². The first kappa shape index (κ1) is 136. The Morgan fingerprint density at radius 3 is 0.950 bits per heavy atom. The Kier molecular flexibility index (Phi) is 91.7. The lowest BCUT2D eigenvalue weighted by atomic mass is 9.94. The highest BCUT2D eigenvalue weighted by Crippen LogP contribution is 2.19. The molecular formula is C98H178N8O33. The molecule has 7 amide bonds. The summed E-state index contributed by atoms with van der Waals surface area (Å²) in [4.78, 5) is 221. The molecule has 41 heteroatoms. The van der Waals surface area contributed by atoms with E-state index in [0.717, 1.165) is 141 Å². The highest BCUT2D eigenvalue weighted by molar-refractivity contribution is 5.89. The molecule has 0 saturated carbocycles. The fourth-order valence-corrected chi connectivity index (χ4v) is 12.3. The van der Waals surface area contributed by atoms with Crippen molar-refractivity contribution in [1.29, 1.82) is 0 Å². The van der Waals surface area contributed by atoms with Crippen molar-refractivity contribution in [3.8, 4) is 0 Å². The van der Waals surface area contributed by atoms with Crippen LogP contribution in [-0.2, 0) is 129 Å². The van der Waals surface area contributed by atoms with E-state index in [-0.39, 0.29) is 276 Å². The van der Waals surface area contributed by atoms with E-state index in [1.165, 1.54) is 6.92 Å². The molecule has 0 unspecified atom stereocenters. The van der Waals surface area contributed by atoms with Gasteiger partial charge in [-0.15, -0.1) is 0 Å². The van der Waals surface area contributed by atoms with E-state index in [2.05, 4.69) is 44.1 Å². The predicted molar refractivity (Wildman–Crippen MR) is 521 cm³/mol. The molecule has 0 aromatic heterocycles. The average molecular weight is 2000 g/mol. The van der Waals surface area contributed by atoms with Gasteiger partial charge in [0.05, 0.1) is 77.5 Å². The van der Waals surface area contributed by atoms with Crippen LogP contribution in [0.25, 0.3) is 0 Å². The number of carboxylic acids is 6. The van der Waals surface area contributed by atoms with Gasteiger partial charge in [0.2, 0.25) is 41.4 Å². The Labute approximate surface area is 825 Å². The molecule has 0 fully saturated rings. The zero-order chi connectivity index (χ0) is 105. The number of carbonyl (C=O) groups excluding carboxylic acids is 13. The average Bonchev–Trinajstić information content (AvgIpc) is 0.917. The molecule has 808 valence electrons. The van der Waals surface area contributed by atoms with Gasteiger partial charge >= 0.3 is 35.8 Å². The van der Waals surface area contributed by atoms with Gasteiger partial charge in [0, 0.05) is 125 Å². The summed E-state index contributed by atoms with van der Waals surface area (Å²) in [6, 6.07) is -4.04. The second-order valence-corrected chi connectivity index (χ2v) is 35.3. The van der Waals surface area contributed by atoms with Gasteiger partial charge in [-0.3, -0.25) is 76.7 Å². The van der Waals surface area contributed by atoms with Crippen molar-refractivity contribution in [2.75, 3.05) is 132 Å². The second-order valence-electron chi connectivity index (χ2n) is 35.3. The maximum absolute atomic E-state index is 12.5. The summed E-state index contributed by atoms with van der Waals surface area (Å²) in [7, 11) is 0. The summed E-state index contributed by atoms with van der Waals surface area (Å²) in [5.74, 6) is -10.6. The number of nitrogens with one attached hydrogen (secondary N) is 7. The molecule has 0 aliphatic rings. The number of ether oxygens (including phenoxy) is 8. The largest absolute Gasteiger partial charge is 0.481 e. The summed E-state index contributed by atoms with van der Waals surface area (Å²) >= 11 is 0. The molecule has 0 aliphatic heterocycles. The van der Waals surface area contributed by atoms with E-state index < -0.39 is 89.0 Å². The molecule has 0 rings (SSSR count). The van der Waals surface area contributed by atoms with Gasteiger partial charge in [-0.05, 0) is 118 Å². The van der Waals surface area contributed by atoms with Crippen molar-refractivity contribution in [3.63, 3.8) is 0 Å². The monoisotopic (exact) mass is 2000 g/mol. The van der Waals surface area contributed by atoms with E-state index in [0.29, 0.717) is 58.2 Å². The summed E-state index contributed by atoms with van der Waals surface area (Å²) in [5, 5.41) is 73.4. The predicted octanol–water partition coefficient (Wildman–Crippen LogP) is 9.91. The minimum Gasteiger partial charge on any atom is -0.481 e. The summed E-state index contributed by atoms with van der Waals surface area (Å²) < 4.78 is 42.7. The minimum atomic E-state index is -1.39. The standard InChI is InChI=1S/C45H78N4O16.C43H75N3O15.C5H11NO.C5H10O.2H2/c1-34(35(2)50)16-13-14-24-46-42(55)33-65-31-28-62-26-15-17-36(51)32-64-30-29-63-27-25-47-39(52)22-20-37(44(58)59)49-41(54)23-21-38(45(60)61)48-40(53)18-11-9-7-5-3-4-6-8-10-12-19-43(56)57;1-2-3-14-23-44-39(50)32-61-30-28-59-26-24-45-40(51)33-60-29-27-58-25-15-17-35(47)20-21-37(43(56)57)46-38(49)22-19-34(42(54)55)31-36(48)16-12-10-8-6-4-5-7-9-11-13-18-41(52)53;1-4(7)5(2,3)6;1-4(2)5(3)6;;/h34,37-38H,3-33H2,1-2H3,(H,46,55)(H,47,52)(H,48,53)(H,49,54)(H,56,57)(H,58,59)(H,60,61);34,37H,2-33H2,1H3,(H,44,50)(H,45,51)(H,46,49)(H,52,53)(H,54,55)(H,56,57);6H2,1-3H3;4H,1-3H3;2*1H/t34-,37-,38-;34-,37+;;;;/m01..../s1. The van der Waals surface area contributed by atoms with Crippen LogP contribution in [-0.4, -0.2) is 298 Å². The molecule has 139 heavy (non-hydrogen) atoms. The van der Waals surface area contributed by atoms with Crippen molar-refractivity contribution in [2.24, 2.45) is 23.5 Å². The number of hydrogen-bond acceptors (Lipinski definition) is 28. The third-order valence-electron chi connectivity index (χ3n) is 21.6. The summed E-state index contributed by atoms with van der Waals surface area (Å²) in [5.41, 5.74) is 4.69. The Morgan fingerprint density at radius 2 is 0.590 bits per heavy atom. The lowest BCUT2D eigenvalue weighted by molar-refractivity contribution is -0.145. The van der Waals surface area contributed by atoms with Gasteiger partial charge in [0.15, 0.2) is 5.78 Å². The zero-order valence-corrected chi connectivity index (χ0v) is 84.8. The number of amides is 7. The molecule has 0 radical (unpaired) electrons. The number of ketones is 6. The van der Waals surface area contributed by atoms with E-state index >= 15 is 0 Å². The van der Waals surface area contributed by atoms with Crippen molar-refractivity contribution in [2.45, 2.75) is 362 Å². The van der Waals surface area contributed by atoms with E-state index in [9.17, 15) is 112 Å². The summed E-state index contributed by atoms with van der Waals surface area (Å²) in [6.45, 7) is 19.8. The Balaban J connectivity index is -0.000000565. The molecular weight excluding hydrogens is 1820 g/mol. The van der Waals surface area contributed by atoms with Gasteiger partial charge < -0.3 is 111 Å². The minimum absolute atomic E-state index is 0. The van der Waals surface area contributed by atoms with Crippen LogP contribution < -0.4 is 43.0 Å². The van der Waals surface area contributed by atoms with E-state index in [4.69, 9.17) is 53.8 Å². The van der Waals surface area contributed by atoms with Crippen LogP contribution in [0.2, 0.25) is 0 Å². The molecule has 15 N–H and O–H groups in total. The maximum atomic E-state index is 12.5. The van der Waals surface area contributed by atoms with Crippen LogP contribution >= 0.6 is 0 Å². The number of aliphatic carboxylic acids is 6. The first-order valence-corrected chi connectivity index (χ1v) is 49.8. The first-order valence-electron chi connectivity index (χ1n) is 49.8. The fourth-order valence-electron chi connectivity index (χ4n) is 12.3. The number of carboxylic acid groups (broad SMARTS) is 6. The molecule has 41 nitrogen and oxygen atoms in total. The highest BCUT2D eigenvalue weighted by atomic mass is 16.5. The van der Waals surface area contributed by atoms with Crippen molar-refractivity contribution >= 4 is 112 Å². The molecule has 0 spiro atoms. The van der Waals surface area contributed by atoms with E-state index in [1.54, 1.807) is 27.7 Å². The summed E-state index contributed by atoms with van der Waals surface area (Å²) in [6.07, 6.45) is 24.5. The third kappa shape index (κ3) is 98.7. The van der Waals surface area contributed by atoms with Gasteiger partial charge in [0.25, 0.3) is 0 Å². The highest BCUT2D eigenvalue weighted by Gasteiger charge is 2.28. The first-order chi connectivity index (χ1) is 66.0. The SMILES string of the molecule is CC(=O)C(C)(C)N.CC(=O)C(C)C.CC(=O)[C@@H](C)CCCCNC(=O)COCCOCCCC(=O)COCCOCCNC(=O)CC[C@H](NC(=O)CC[C@H](NC(=O)CCCCCCCCCCCCC(=O)O)C(=O)O)C(=O)O.CCCCCNC(=O)COCCOCCNC(=O)COCCOCCCC(=O)CC[C@H](NC(=O)CC[C@H](CC(=O)CCCCCCCCCCCCC(=O)O)C(=O)O)C(=O)O.[HH].[HH]. The molecule has 0 aliphatic carbocycles. The van der Waals surface area contributed by atoms with Crippen LogP contribution in [0.1, 0.15) is 341 Å². The maximum Gasteiger partial charge on any atom is 0.326 e. The number of rotatable bonds is 93. The van der Waals surface area contributed by atoms with Crippen LogP contribution in [0.4, 0.5) is 0 Å². The second kappa shape index (κ2) is 93.7. The quantitative estimate of drug-likeness (QED) is 0.0252. The smallest absolute Gasteiger partial charge is 0.326 e. The van der Waals surface area contributed by atoms with Gasteiger partial charge in [-0.25, -0.2) is 14.4 Å². The molecule has 5 atom stereocenters. The Morgan fingerprint density at radius 1 is 0.288 bits per heavy atom. The number of Topliss-reactive ketones (excluding diaryl/α,β-unsaturated/α-hetero) is 6. The molecule has 0 aromatic rings. The number of nitrogens with two attached hydrogens (primary N) is 1. The van der Waals surface area contributed by atoms with Gasteiger partial charge in [0.1, 0.15) is 73.5 Å². The Hall–Kier alpha value is -9.23. The number of unbranched alkanes of at least 4 members (excludes halogenated alkanes) is 21. The van der Waals surface area contributed by atoms with Crippen LogP contribution in [0.15, 0.2) is 0 Å². The number of hydrogen-bond donors (Lipinski definition) is 14. The number of carbonyl (C=O) groups is 19. The lowest BCUT2D eigenvalue weighted by Gasteiger charge is -2.17. The van der Waals surface area contributed by atoms with Crippen molar-refractivity contribution < 1.29 is 162 Å². The Bertz CT molecular complexity index is 3430. The molecule has 0 saturated heterocycles. The van der Waals surface area contributed by atoms with Gasteiger partial charge in [-0.1, -0.05) is 150 Å². The molecule has 0 bridgehead atoms. The van der Waals surface area contributed by atoms with Crippen molar-refractivity contribution in [3.05, 3.63) is 0 Å². The van der Waals surface area contributed by atoms with Crippen LogP contribution in [0.3, 0.4) is 0 Å². The molecule has 0 aromatic carbocycles. The third-order valence-corrected chi connectivity index (χ3v) is 21.6. The zero-order valence-electron chi connectivity index (χ0n) is 84.8. The van der Waals surface area contributed by atoms with Gasteiger partial charge in [-0.2, -0.15) is 0 Å². The molecule has 0 heterocycles. The fraction of sp³-hybridized carbons (Fsp3) is 0.806. The van der Waals surface area contributed by atoms with Crippen LogP contribution in [0.5, 0.6) is 0 Å².